The Morgan fingerprint density at radius 3 is 2.48 bits per heavy atom. The van der Waals surface area contributed by atoms with Crippen LogP contribution in [0.25, 0.3) is 0 Å². The van der Waals surface area contributed by atoms with Gasteiger partial charge in [0.25, 0.3) is 0 Å². The molecule has 0 bridgehead atoms. The van der Waals surface area contributed by atoms with Gasteiger partial charge in [0.1, 0.15) is 0 Å². The number of carbonyl (C=O) groups excluding carboxylic acids is 1. The van der Waals surface area contributed by atoms with Crippen LogP contribution in [0.15, 0.2) is 35.7 Å². The topological polar surface area (TPSA) is 35.6 Å². The van der Waals surface area contributed by atoms with Crippen LogP contribution in [0, 0.1) is 0 Å². The first kappa shape index (κ1) is 20.1. The van der Waals surface area contributed by atoms with Crippen LogP contribution >= 0.6 is 22.9 Å². The lowest BCUT2D eigenvalue weighted by atomic mass is 10.2. The van der Waals surface area contributed by atoms with E-state index in [0.29, 0.717) is 0 Å². The van der Waals surface area contributed by atoms with Gasteiger partial charge < -0.3 is 5.32 Å². The van der Waals surface area contributed by atoms with Crippen molar-refractivity contribution in [1.82, 2.24) is 9.80 Å². The number of rotatable bonds is 5. The van der Waals surface area contributed by atoms with Gasteiger partial charge in [0, 0.05) is 37.6 Å². The zero-order valence-electron chi connectivity index (χ0n) is 14.4. The summed E-state index contributed by atoms with van der Waals surface area (Å²) in [6.45, 7) is 4.17. The molecule has 2 heterocycles. The molecule has 0 unspecified atom stereocenters. The first-order valence-electron chi connectivity index (χ1n) is 8.45. The van der Waals surface area contributed by atoms with Gasteiger partial charge in [-0.2, -0.15) is 13.2 Å². The number of amides is 1. The number of nitrogens with zero attached hydrogens (tertiary/aromatic N) is 2. The van der Waals surface area contributed by atoms with E-state index in [1.807, 2.05) is 11.0 Å². The molecule has 146 valence electrons. The fraction of sp³-hybridized carbons (Fsp3) is 0.389. The van der Waals surface area contributed by atoms with Crippen LogP contribution in [-0.2, 0) is 17.5 Å². The van der Waals surface area contributed by atoms with E-state index in [1.54, 1.807) is 11.3 Å². The van der Waals surface area contributed by atoms with Crippen molar-refractivity contribution in [2.24, 2.45) is 0 Å². The Bertz CT molecular complexity index is 775. The molecule has 1 aromatic heterocycles. The highest BCUT2D eigenvalue weighted by Gasteiger charge is 2.31. The van der Waals surface area contributed by atoms with E-state index < -0.39 is 11.7 Å². The SMILES string of the molecule is O=C(CN1CCN(Cc2cccs2)CC1)Nc1cc(C(F)(F)F)ccc1Cl. The van der Waals surface area contributed by atoms with Gasteiger partial charge >= 0.3 is 6.18 Å². The summed E-state index contributed by atoms with van der Waals surface area (Å²) in [5, 5.41) is 4.62. The van der Waals surface area contributed by atoms with Crippen molar-refractivity contribution < 1.29 is 18.0 Å². The summed E-state index contributed by atoms with van der Waals surface area (Å²) in [6.07, 6.45) is -4.48. The minimum absolute atomic E-state index is 0.0205. The molecule has 0 spiro atoms. The van der Waals surface area contributed by atoms with Crippen molar-refractivity contribution in [2.45, 2.75) is 12.7 Å². The predicted molar refractivity (Wildman–Crippen MR) is 101 cm³/mol. The Morgan fingerprint density at radius 1 is 1.15 bits per heavy atom. The molecule has 1 aliphatic rings. The summed E-state index contributed by atoms with van der Waals surface area (Å²) in [6, 6.07) is 7.02. The highest BCUT2D eigenvalue weighted by Crippen LogP contribution is 2.33. The molecule has 2 aromatic rings. The van der Waals surface area contributed by atoms with Gasteiger partial charge in [0.2, 0.25) is 5.91 Å². The van der Waals surface area contributed by atoms with E-state index in [9.17, 15) is 18.0 Å². The van der Waals surface area contributed by atoms with Gasteiger partial charge in [-0.1, -0.05) is 17.7 Å². The quantitative estimate of drug-likeness (QED) is 0.792. The molecule has 1 aliphatic heterocycles. The van der Waals surface area contributed by atoms with Crippen LogP contribution in [0.2, 0.25) is 5.02 Å². The lowest BCUT2D eigenvalue weighted by molar-refractivity contribution is -0.137. The number of anilines is 1. The number of hydrogen-bond acceptors (Lipinski definition) is 4. The largest absolute Gasteiger partial charge is 0.416 e. The lowest BCUT2D eigenvalue weighted by Crippen LogP contribution is -2.48. The van der Waals surface area contributed by atoms with Gasteiger partial charge in [-0.25, -0.2) is 0 Å². The summed E-state index contributed by atoms with van der Waals surface area (Å²) >= 11 is 7.64. The summed E-state index contributed by atoms with van der Waals surface area (Å²) in [4.78, 5) is 17.8. The maximum absolute atomic E-state index is 12.8. The first-order valence-corrected chi connectivity index (χ1v) is 9.71. The van der Waals surface area contributed by atoms with Crippen LogP contribution in [-0.4, -0.2) is 48.4 Å². The van der Waals surface area contributed by atoms with E-state index in [-0.39, 0.29) is 23.2 Å². The van der Waals surface area contributed by atoms with E-state index in [1.165, 1.54) is 4.88 Å². The highest BCUT2D eigenvalue weighted by atomic mass is 35.5. The van der Waals surface area contributed by atoms with Gasteiger partial charge in [0.15, 0.2) is 0 Å². The fourth-order valence-electron chi connectivity index (χ4n) is 2.92. The van der Waals surface area contributed by atoms with Crippen molar-refractivity contribution in [2.75, 3.05) is 38.0 Å². The second-order valence-corrected chi connectivity index (χ2v) is 7.81. The second kappa shape index (κ2) is 8.60. The number of piperazine rings is 1. The van der Waals surface area contributed by atoms with E-state index >= 15 is 0 Å². The number of alkyl halides is 3. The molecule has 0 atom stereocenters. The van der Waals surface area contributed by atoms with Crippen LogP contribution in [0.3, 0.4) is 0 Å². The molecule has 1 amide bonds. The number of thiophene rings is 1. The van der Waals surface area contributed by atoms with Gasteiger partial charge in [-0.15, -0.1) is 11.3 Å². The zero-order valence-corrected chi connectivity index (χ0v) is 16.0. The smallest absolute Gasteiger partial charge is 0.324 e. The Labute approximate surface area is 164 Å². The van der Waals surface area contributed by atoms with Crippen molar-refractivity contribution in [3.05, 3.63) is 51.2 Å². The highest BCUT2D eigenvalue weighted by molar-refractivity contribution is 7.09. The molecular weight excluding hydrogens is 399 g/mol. The van der Waals surface area contributed by atoms with Crippen molar-refractivity contribution in [3.8, 4) is 0 Å². The molecule has 1 saturated heterocycles. The van der Waals surface area contributed by atoms with Crippen LogP contribution in [0.4, 0.5) is 18.9 Å². The maximum atomic E-state index is 12.8. The molecule has 1 aromatic carbocycles. The molecule has 4 nitrogen and oxygen atoms in total. The average molecular weight is 418 g/mol. The molecule has 1 N–H and O–H groups in total. The number of benzene rings is 1. The normalized spacial score (nSPS) is 16.4. The molecule has 1 fully saturated rings. The monoisotopic (exact) mass is 417 g/mol. The summed E-state index contributed by atoms with van der Waals surface area (Å²) in [5.74, 6) is -0.372. The Morgan fingerprint density at radius 2 is 1.85 bits per heavy atom. The van der Waals surface area contributed by atoms with Gasteiger partial charge in [-0.05, 0) is 29.6 Å². The van der Waals surface area contributed by atoms with Crippen LogP contribution < -0.4 is 5.32 Å². The average Bonchev–Trinajstić information content (AvgIpc) is 3.10. The maximum Gasteiger partial charge on any atom is 0.416 e. The standard InChI is InChI=1S/C18H19ClF3N3OS/c19-15-4-3-13(18(20,21)22)10-16(15)23-17(26)12-25-7-5-24(6-8-25)11-14-2-1-9-27-14/h1-4,9-10H,5-8,11-12H2,(H,23,26). The third kappa shape index (κ3) is 5.68. The summed E-state index contributed by atoms with van der Waals surface area (Å²) in [7, 11) is 0. The first-order chi connectivity index (χ1) is 12.8. The molecule has 0 aliphatic carbocycles. The minimum atomic E-state index is -4.48. The van der Waals surface area contributed by atoms with E-state index in [0.717, 1.165) is 50.9 Å². The van der Waals surface area contributed by atoms with Crippen LogP contribution in [0.1, 0.15) is 10.4 Å². The Hall–Kier alpha value is -1.61. The zero-order chi connectivity index (χ0) is 19.4. The minimum Gasteiger partial charge on any atom is -0.324 e. The number of halogens is 4. The molecule has 0 radical (unpaired) electrons. The second-order valence-electron chi connectivity index (χ2n) is 6.37. The Balaban J connectivity index is 1.50. The third-order valence-electron chi connectivity index (χ3n) is 4.36. The van der Waals surface area contributed by atoms with Gasteiger partial charge in [-0.3, -0.25) is 14.6 Å². The summed E-state index contributed by atoms with van der Waals surface area (Å²) < 4.78 is 38.4. The third-order valence-corrected chi connectivity index (χ3v) is 5.55. The number of carbonyl (C=O) groups is 1. The lowest BCUT2D eigenvalue weighted by Gasteiger charge is -2.34. The van der Waals surface area contributed by atoms with Crippen molar-refractivity contribution in [3.63, 3.8) is 0 Å². The van der Waals surface area contributed by atoms with Crippen molar-refractivity contribution in [1.29, 1.82) is 0 Å². The summed E-state index contributed by atoms with van der Waals surface area (Å²) in [5.41, 5.74) is -0.864. The molecular formula is C18H19ClF3N3OS. The predicted octanol–water partition coefficient (Wildman–Crippen LogP) is 4.18. The van der Waals surface area contributed by atoms with Crippen molar-refractivity contribution >= 4 is 34.5 Å². The van der Waals surface area contributed by atoms with E-state index in [4.69, 9.17) is 11.6 Å². The number of hydrogen-bond donors (Lipinski definition) is 1. The van der Waals surface area contributed by atoms with Gasteiger partial charge in [0.05, 0.1) is 22.8 Å². The van der Waals surface area contributed by atoms with Crippen LogP contribution in [0.5, 0.6) is 0 Å². The number of nitrogens with one attached hydrogen (secondary N) is 1. The van der Waals surface area contributed by atoms with E-state index in [2.05, 4.69) is 21.7 Å². The molecule has 9 heteroatoms. The molecule has 3 rings (SSSR count). The molecule has 0 saturated carbocycles. The fourth-order valence-corrected chi connectivity index (χ4v) is 3.83. The Kier molecular flexibility index (Phi) is 6.41. The molecule has 27 heavy (non-hydrogen) atoms.